The number of nitriles is 1. The number of hydrogen-bond donors (Lipinski definition) is 2. The van der Waals surface area contributed by atoms with Crippen LogP contribution in [-0.2, 0) is 4.79 Å². The number of rotatable bonds is 4. The van der Waals surface area contributed by atoms with E-state index in [-0.39, 0.29) is 17.5 Å². The molecule has 0 aliphatic heterocycles. The Hall–Kier alpha value is -2.28. The fraction of sp³-hybridized carbons (Fsp3) is 0.444. The lowest BCUT2D eigenvalue weighted by molar-refractivity contribution is -0.117. The molecule has 1 saturated carbocycles. The molecule has 0 bridgehead atoms. The Morgan fingerprint density at radius 2 is 1.82 bits per heavy atom. The number of amides is 1. The zero-order valence-corrected chi connectivity index (χ0v) is 13.5. The third-order valence-corrected chi connectivity index (χ3v) is 4.09. The number of nitrogens with zero attached hydrogens (tertiary/aromatic N) is 1. The Morgan fingerprint density at radius 3 is 2.36 bits per heavy atom. The van der Waals surface area contributed by atoms with Gasteiger partial charge in [0.15, 0.2) is 0 Å². The second-order valence-electron chi connectivity index (χ2n) is 6.04. The van der Waals surface area contributed by atoms with E-state index in [1.54, 1.807) is 0 Å². The minimum atomic E-state index is -0.288. The molecule has 0 aromatic heterocycles. The molecule has 0 radical (unpaired) electrons. The van der Waals surface area contributed by atoms with Crippen molar-refractivity contribution in [1.82, 2.24) is 5.32 Å². The van der Waals surface area contributed by atoms with Crippen molar-refractivity contribution in [3.63, 3.8) is 0 Å². The molecule has 1 amide bonds. The SMILES string of the molecule is Cc1cc(C)c(N/C=C(/C#N)C(=O)NC2CCCC2)c(C)c1. The van der Waals surface area contributed by atoms with Crippen LogP contribution < -0.4 is 10.6 Å². The van der Waals surface area contributed by atoms with E-state index in [4.69, 9.17) is 0 Å². The van der Waals surface area contributed by atoms with Gasteiger partial charge in [0.1, 0.15) is 11.6 Å². The summed E-state index contributed by atoms with van der Waals surface area (Å²) in [4.78, 5) is 12.1. The Morgan fingerprint density at radius 1 is 1.23 bits per heavy atom. The van der Waals surface area contributed by atoms with E-state index in [0.717, 1.165) is 42.5 Å². The predicted molar refractivity (Wildman–Crippen MR) is 88.4 cm³/mol. The van der Waals surface area contributed by atoms with Crippen molar-refractivity contribution in [3.05, 3.63) is 40.6 Å². The summed E-state index contributed by atoms with van der Waals surface area (Å²) < 4.78 is 0. The van der Waals surface area contributed by atoms with Gasteiger partial charge < -0.3 is 10.6 Å². The zero-order valence-electron chi connectivity index (χ0n) is 13.5. The number of hydrogen-bond acceptors (Lipinski definition) is 3. The van der Waals surface area contributed by atoms with E-state index in [1.165, 1.54) is 11.8 Å². The summed E-state index contributed by atoms with van der Waals surface area (Å²) in [6.07, 6.45) is 5.82. The molecular weight excluding hydrogens is 274 g/mol. The Balaban J connectivity index is 2.09. The molecule has 2 rings (SSSR count). The first-order valence-corrected chi connectivity index (χ1v) is 7.76. The van der Waals surface area contributed by atoms with E-state index in [9.17, 15) is 10.1 Å². The van der Waals surface area contributed by atoms with Gasteiger partial charge in [0, 0.05) is 17.9 Å². The van der Waals surface area contributed by atoms with Crippen molar-refractivity contribution in [2.24, 2.45) is 0 Å². The number of anilines is 1. The highest BCUT2D eigenvalue weighted by atomic mass is 16.1. The fourth-order valence-corrected chi connectivity index (χ4v) is 3.03. The van der Waals surface area contributed by atoms with Gasteiger partial charge in [-0.05, 0) is 44.7 Å². The normalized spacial score (nSPS) is 15.5. The van der Waals surface area contributed by atoms with Crippen molar-refractivity contribution in [2.45, 2.75) is 52.5 Å². The van der Waals surface area contributed by atoms with E-state index in [1.807, 2.05) is 19.9 Å². The van der Waals surface area contributed by atoms with Gasteiger partial charge >= 0.3 is 0 Å². The van der Waals surface area contributed by atoms with Gasteiger partial charge in [-0.1, -0.05) is 30.5 Å². The molecule has 1 aliphatic rings. The standard InChI is InChI=1S/C18H23N3O/c1-12-8-13(2)17(14(3)9-12)20-11-15(10-19)18(22)21-16-6-4-5-7-16/h8-9,11,16,20H,4-7H2,1-3H3,(H,21,22)/b15-11-. The summed E-state index contributed by atoms with van der Waals surface area (Å²) in [5.74, 6) is -0.288. The lowest BCUT2D eigenvalue weighted by Crippen LogP contribution is -2.33. The molecule has 0 saturated heterocycles. The highest BCUT2D eigenvalue weighted by Gasteiger charge is 2.19. The molecule has 2 N–H and O–H groups in total. The number of aryl methyl sites for hydroxylation is 3. The first-order valence-electron chi connectivity index (χ1n) is 7.76. The van der Waals surface area contributed by atoms with E-state index >= 15 is 0 Å². The van der Waals surface area contributed by atoms with Crippen LogP contribution in [0.5, 0.6) is 0 Å². The van der Waals surface area contributed by atoms with E-state index in [2.05, 4.69) is 29.7 Å². The quantitative estimate of drug-likeness (QED) is 0.660. The Bertz CT molecular complexity index is 611. The van der Waals surface area contributed by atoms with Crippen LogP contribution in [0.4, 0.5) is 5.69 Å². The first-order chi connectivity index (χ1) is 10.5. The Kier molecular flexibility index (Phi) is 5.21. The number of nitrogens with one attached hydrogen (secondary N) is 2. The van der Waals surface area contributed by atoms with E-state index < -0.39 is 0 Å². The molecule has 1 aromatic carbocycles. The molecule has 1 aliphatic carbocycles. The molecule has 4 heteroatoms. The minimum Gasteiger partial charge on any atom is -0.360 e. The van der Waals surface area contributed by atoms with Crippen LogP contribution in [0.25, 0.3) is 0 Å². The molecule has 0 spiro atoms. The fourth-order valence-electron chi connectivity index (χ4n) is 3.03. The van der Waals surface area contributed by atoms with Gasteiger partial charge in [0.05, 0.1) is 0 Å². The first kappa shape index (κ1) is 16.1. The van der Waals surface area contributed by atoms with Gasteiger partial charge in [-0.3, -0.25) is 4.79 Å². The number of carbonyl (C=O) groups is 1. The maximum absolute atomic E-state index is 12.1. The second kappa shape index (κ2) is 7.13. The zero-order chi connectivity index (χ0) is 16.1. The largest absolute Gasteiger partial charge is 0.360 e. The van der Waals surface area contributed by atoms with Crippen LogP contribution in [0.15, 0.2) is 23.9 Å². The molecule has 4 nitrogen and oxygen atoms in total. The minimum absolute atomic E-state index is 0.117. The van der Waals surface area contributed by atoms with Crippen molar-refractivity contribution in [3.8, 4) is 6.07 Å². The predicted octanol–water partition coefficient (Wildman–Crippen LogP) is 3.49. The number of carbonyl (C=O) groups excluding carboxylic acids is 1. The average Bonchev–Trinajstić information content (AvgIpc) is 2.94. The van der Waals surface area contributed by atoms with Crippen LogP contribution in [0, 0.1) is 32.1 Å². The van der Waals surface area contributed by atoms with Crippen LogP contribution in [0.3, 0.4) is 0 Å². The van der Waals surface area contributed by atoms with Crippen molar-refractivity contribution in [2.75, 3.05) is 5.32 Å². The van der Waals surface area contributed by atoms with Crippen molar-refractivity contribution in [1.29, 1.82) is 5.26 Å². The lowest BCUT2D eigenvalue weighted by atomic mass is 10.1. The van der Waals surface area contributed by atoms with Crippen LogP contribution in [0.1, 0.15) is 42.4 Å². The summed E-state index contributed by atoms with van der Waals surface area (Å²) in [7, 11) is 0. The average molecular weight is 297 g/mol. The summed E-state index contributed by atoms with van der Waals surface area (Å²) in [6, 6.07) is 6.35. The van der Waals surface area contributed by atoms with Gasteiger partial charge in [0.2, 0.25) is 0 Å². The van der Waals surface area contributed by atoms with Crippen LogP contribution in [0.2, 0.25) is 0 Å². The summed E-state index contributed by atoms with van der Waals surface area (Å²) >= 11 is 0. The topological polar surface area (TPSA) is 64.9 Å². The second-order valence-corrected chi connectivity index (χ2v) is 6.04. The molecular formula is C18H23N3O. The summed E-state index contributed by atoms with van der Waals surface area (Å²) in [6.45, 7) is 6.08. The summed E-state index contributed by atoms with van der Waals surface area (Å²) in [5, 5.41) is 15.3. The number of benzene rings is 1. The smallest absolute Gasteiger partial charge is 0.263 e. The maximum atomic E-state index is 12.1. The van der Waals surface area contributed by atoms with Gasteiger partial charge in [0.25, 0.3) is 5.91 Å². The van der Waals surface area contributed by atoms with Crippen molar-refractivity contribution < 1.29 is 4.79 Å². The molecule has 116 valence electrons. The van der Waals surface area contributed by atoms with Crippen LogP contribution in [-0.4, -0.2) is 11.9 Å². The van der Waals surface area contributed by atoms with Gasteiger partial charge in [-0.15, -0.1) is 0 Å². The molecule has 0 atom stereocenters. The van der Waals surface area contributed by atoms with Crippen molar-refractivity contribution >= 4 is 11.6 Å². The highest BCUT2D eigenvalue weighted by Crippen LogP contribution is 2.22. The Labute approximate surface area is 132 Å². The molecule has 22 heavy (non-hydrogen) atoms. The molecule has 1 fully saturated rings. The van der Waals surface area contributed by atoms with E-state index in [0.29, 0.717) is 0 Å². The third kappa shape index (κ3) is 3.88. The van der Waals surface area contributed by atoms with Crippen LogP contribution >= 0.6 is 0 Å². The maximum Gasteiger partial charge on any atom is 0.263 e. The lowest BCUT2D eigenvalue weighted by Gasteiger charge is -2.13. The summed E-state index contributed by atoms with van der Waals surface area (Å²) in [5.41, 5.74) is 4.46. The third-order valence-electron chi connectivity index (χ3n) is 4.09. The molecule has 0 unspecified atom stereocenters. The highest BCUT2D eigenvalue weighted by molar-refractivity contribution is 5.97. The monoisotopic (exact) mass is 297 g/mol. The van der Waals surface area contributed by atoms with Gasteiger partial charge in [-0.2, -0.15) is 5.26 Å². The molecule has 1 aromatic rings. The van der Waals surface area contributed by atoms with Gasteiger partial charge in [-0.25, -0.2) is 0 Å². The molecule has 0 heterocycles.